The Labute approximate surface area is 147 Å². The van der Waals surface area contributed by atoms with E-state index in [1.165, 1.54) is 11.0 Å². The van der Waals surface area contributed by atoms with Crippen molar-refractivity contribution < 1.29 is 14.2 Å². The first kappa shape index (κ1) is 17.2. The lowest BCUT2D eigenvalue weighted by atomic mass is 10.2. The minimum atomic E-state index is -0.651. The molecule has 0 saturated carbocycles. The molecule has 3 rings (SSSR count). The highest BCUT2D eigenvalue weighted by atomic mass is 35.5. The predicted molar refractivity (Wildman–Crippen MR) is 87.6 cm³/mol. The van der Waals surface area contributed by atoms with Crippen LogP contribution in [0, 0.1) is 5.82 Å². The molecule has 3 aromatic rings. The van der Waals surface area contributed by atoms with Crippen molar-refractivity contribution in [1.29, 1.82) is 0 Å². The molecule has 0 aliphatic heterocycles. The molecule has 0 fully saturated rings. The summed E-state index contributed by atoms with van der Waals surface area (Å²) in [4.78, 5) is 5.11. The number of ether oxygens (including phenoxy) is 1. The molecule has 130 valence electrons. The second-order valence-corrected chi connectivity index (χ2v) is 5.61. The molecule has 25 heavy (non-hydrogen) atoms. The number of pyridine rings is 1. The molecule has 3 N–H and O–H groups in total. The highest BCUT2D eigenvalue weighted by Crippen LogP contribution is 2.25. The van der Waals surface area contributed by atoms with E-state index in [2.05, 4.69) is 20.4 Å². The van der Waals surface area contributed by atoms with E-state index in [9.17, 15) is 4.39 Å². The highest BCUT2D eigenvalue weighted by molar-refractivity contribution is 6.30. The van der Waals surface area contributed by atoms with E-state index in [-0.39, 0.29) is 24.1 Å². The van der Waals surface area contributed by atoms with Crippen molar-refractivity contribution in [3.05, 3.63) is 47.4 Å². The Bertz CT molecular complexity index is 857. The largest absolute Gasteiger partial charge is 0.436 e. The average Bonchev–Trinajstić information content (AvgIpc) is 3.06. The van der Waals surface area contributed by atoms with E-state index in [0.29, 0.717) is 17.1 Å². The molecule has 0 bridgehead atoms. The van der Waals surface area contributed by atoms with E-state index in [0.717, 1.165) is 6.07 Å². The molecule has 0 saturated heterocycles. The predicted octanol–water partition coefficient (Wildman–Crippen LogP) is 1.64. The van der Waals surface area contributed by atoms with Gasteiger partial charge in [0, 0.05) is 17.8 Å². The monoisotopic (exact) mass is 364 g/mol. The molecule has 8 nitrogen and oxygen atoms in total. The van der Waals surface area contributed by atoms with Gasteiger partial charge < -0.3 is 15.6 Å². The van der Waals surface area contributed by atoms with Crippen LogP contribution in [0.2, 0.25) is 5.02 Å². The molecule has 2 heterocycles. The van der Waals surface area contributed by atoms with Gasteiger partial charge in [-0.15, -0.1) is 10.2 Å². The maximum Gasteiger partial charge on any atom is 0.255 e. The number of aliphatic hydroxyl groups excluding tert-OH is 1. The number of hydrogen-bond donors (Lipinski definition) is 2. The second-order valence-electron chi connectivity index (χ2n) is 5.18. The van der Waals surface area contributed by atoms with Gasteiger partial charge in [-0.25, -0.2) is 9.37 Å². The maximum atomic E-state index is 13.7. The van der Waals surface area contributed by atoms with Crippen molar-refractivity contribution in [2.24, 2.45) is 5.73 Å². The number of benzene rings is 1. The smallest absolute Gasteiger partial charge is 0.255 e. The summed E-state index contributed by atoms with van der Waals surface area (Å²) in [6, 6.07) is 7.33. The van der Waals surface area contributed by atoms with Gasteiger partial charge in [-0.05, 0) is 35.5 Å². The number of rotatable bonds is 6. The van der Waals surface area contributed by atoms with Gasteiger partial charge in [-0.2, -0.15) is 4.80 Å². The molecule has 0 aliphatic rings. The number of nitrogens with zero attached hydrogens (tertiary/aromatic N) is 5. The first-order valence-electron chi connectivity index (χ1n) is 7.28. The van der Waals surface area contributed by atoms with Gasteiger partial charge in [0.2, 0.25) is 5.82 Å². The fourth-order valence-electron chi connectivity index (χ4n) is 1.96. The van der Waals surface area contributed by atoms with Gasteiger partial charge in [0.15, 0.2) is 5.82 Å². The Morgan fingerprint density at radius 1 is 1.32 bits per heavy atom. The summed E-state index contributed by atoms with van der Waals surface area (Å²) in [5.41, 5.74) is 6.32. The Hall–Kier alpha value is -2.62. The Morgan fingerprint density at radius 2 is 2.08 bits per heavy atom. The van der Waals surface area contributed by atoms with E-state index < -0.39 is 11.9 Å². The van der Waals surface area contributed by atoms with Gasteiger partial charge in [-0.1, -0.05) is 11.6 Å². The van der Waals surface area contributed by atoms with Crippen LogP contribution in [0.3, 0.4) is 0 Å². The molecule has 0 amide bonds. The summed E-state index contributed by atoms with van der Waals surface area (Å²) in [6.45, 7) is 0.0877. The van der Waals surface area contributed by atoms with Crippen molar-refractivity contribution in [2.45, 2.75) is 12.6 Å². The van der Waals surface area contributed by atoms with Crippen LogP contribution in [-0.2, 0) is 6.54 Å². The molecular weight excluding hydrogens is 351 g/mol. The van der Waals surface area contributed by atoms with Crippen LogP contribution in [0.15, 0.2) is 36.5 Å². The number of hydrogen-bond acceptors (Lipinski definition) is 7. The van der Waals surface area contributed by atoms with Crippen LogP contribution in [0.4, 0.5) is 4.39 Å². The van der Waals surface area contributed by atoms with E-state index in [4.69, 9.17) is 27.2 Å². The molecule has 1 atom stereocenters. The van der Waals surface area contributed by atoms with Crippen LogP contribution in [0.25, 0.3) is 11.4 Å². The molecule has 0 radical (unpaired) electrons. The number of tetrazole rings is 1. The SMILES string of the molecule is NC(CO)Cn1nnc(-c2ccc(Oc3ncc(Cl)cc3F)cc2)n1. The summed E-state index contributed by atoms with van der Waals surface area (Å²) in [7, 11) is 0. The van der Waals surface area contributed by atoms with Crippen LogP contribution in [-0.4, -0.2) is 42.9 Å². The van der Waals surface area contributed by atoms with E-state index in [1.807, 2.05) is 0 Å². The molecule has 0 spiro atoms. The van der Waals surface area contributed by atoms with Crippen molar-refractivity contribution in [3.8, 4) is 23.0 Å². The Balaban J connectivity index is 1.72. The lowest BCUT2D eigenvalue weighted by molar-refractivity contribution is 0.245. The number of halogens is 2. The van der Waals surface area contributed by atoms with E-state index >= 15 is 0 Å². The number of nitrogens with two attached hydrogens (primary N) is 1. The normalized spacial score (nSPS) is 12.2. The summed E-state index contributed by atoms with van der Waals surface area (Å²) < 4.78 is 19.1. The molecular formula is C15H14ClFN6O2. The lowest BCUT2D eigenvalue weighted by Crippen LogP contribution is -2.30. The van der Waals surface area contributed by atoms with Crippen molar-refractivity contribution in [2.75, 3.05) is 6.61 Å². The average molecular weight is 365 g/mol. The minimum absolute atomic E-state index is 0.167. The van der Waals surface area contributed by atoms with E-state index in [1.54, 1.807) is 24.3 Å². The molecule has 1 aromatic carbocycles. The third kappa shape index (κ3) is 4.27. The fourth-order valence-corrected chi connectivity index (χ4v) is 2.11. The third-order valence-electron chi connectivity index (χ3n) is 3.19. The second kappa shape index (κ2) is 7.51. The third-order valence-corrected chi connectivity index (χ3v) is 3.39. The summed E-state index contributed by atoms with van der Waals surface area (Å²) in [6.07, 6.45) is 1.30. The standard InChI is InChI=1S/C15H14ClFN6O2/c16-10-5-13(17)15(19-6-10)25-12-3-1-9(2-4-12)14-20-22-23(21-14)7-11(18)8-24/h1-6,11,24H,7-8,18H2. The van der Waals surface area contributed by atoms with Crippen molar-refractivity contribution in [3.63, 3.8) is 0 Å². The van der Waals surface area contributed by atoms with Crippen LogP contribution < -0.4 is 10.5 Å². The van der Waals surface area contributed by atoms with Crippen LogP contribution >= 0.6 is 11.6 Å². The topological polar surface area (TPSA) is 112 Å². The summed E-state index contributed by atoms with van der Waals surface area (Å²) >= 11 is 5.65. The van der Waals surface area contributed by atoms with Crippen molar-refractivity contribution >= 4 is 11.6 Å². The van der Waals surface area contributed by atoms with Gasteiger partial charge in [0.25, 0.3) is 5.88 Å². The first-order valence-corrected chi connectivity index (χ1v) is 7.66. The van der Waals surface area contributed by atoms with Crippen LogP contribution in [0.1, 0.15) is 0 Å². The summed E-state index contributed by atoms with van der Waals surface area (Å²) in [5.74, 6) is -0.0275. The lowest BCUT2D eigenvalue weighted by Gasteiger charge is -2.06. The van der Waals surface area contributed by atoms with Crippen molar-refractivity contribution in [1.82, 2.24) is 25.2 Å². The zero-order chi connectivity index (χ0) is 17.8. The molecule has 0 aliphatic carbocycles. The first-order chi connectivity index (χ1) is 12.0. The zero-order valence-corrected chi connectivity index (χ0v) is 13.6. The van der Waals surface area contributed by atoms with Crippen LogP contribution in [0.5, 0.6) is 11.6 Å². The Morgan fingerprint density at radius 3 is 2.76 bits per heavy atom. The minimum Gasteiger partial charge on any atom is -0.436 e. The fraction of sp³-hybridized carbons (Fsp3) is 0.200. The maximum absolute atomic E-state index is 13.7. The summed E-state index contributed by atoms with van der Waals surface area (Å²) in [5, 5.41) is 21.1. The molecule has 2 aromatic heterocycles. The van der Waals surface area contributed by atoms with Gasteiger partial charge in [0.05, 0.1) is 18.2 Å². The van der Waals surface area contributed by atoms with Gasteiger partial charge in [0.1, 0.15) is 5.75 Å². The Kier molecular flexibility index (Phi) is 5.17. The van der Waals surface area contributed by atoms with Gasteiger partial charge in [-0.3, -0.25) is 0 Å². The number of aromatic nitrogens is 5. The molecule has 1 unspecified atom stereocenters. The highest BCUT2D eigenvalue weighted by Gasteiger charge is 2.10. The number of aliphatic hydroxyl groups is 1. The van der Waals surface area contributed by atoms with Gasteiger partial charge >= 0.3 is 0 Å². The zero-order valence-electron chi connectivity index (χ0n) is 12.9. The quantitative estimate of drug-likeness (QED) is 0.683. The molecule has 10 heteroatoms.